The van der Waals surface area contributed by atoms with Gasteiger partial charge in [0.1, 0.15) is 12.0 Å². The number of hydrogen-bond acceptors (Lipinski definition) is 6. The monoisotopic (exact) mass is 505 g/mol. The number of ether oxygens (including phenoxy) is 1. The van der Waals surface area contributed by atoms with Gasteiger partial charge in [0.05, 0.1) is 12.3 Å². The molecular formula is C24H26F3N5O4. The molecule has 0 saturated heterocycles. The van der Waals surface area contributed by atoms with Crippen molar-refractivity contribution >= 4 is 11.9 Å². The Morgan fingerprint density at radius 1 is 1.17 bits per heavy atom. The van der Waals surface area contributed by atoms with Crippen LogP contribution in [-0.2, 0) is 29.0 Å². The second kappa shape index (κ2) is 11.3. The van der Waals surface area contributed by atoms with Gasteiger partial charge in [0.15, 0.2) is 0 Å². The number of aryl methyl sites for hydroxylation is 1. The lowest BCUT2D eigenvalue weighted by atomic mass is 10.0. The van der Waals surface area contributed by atoms with Crippen molar-refractivity contribution in [2.75, 3.05) is 20.2 Å². The first-order valence-corrected chi connectivity index (χ1v) is 11.0. The van der Waals surface area contributed by atoms with Gasteiger partial charge in [-0.05, 0) is 31.9 Å². The molecule has 1 amide bonds. The smallest absolute Gasteiger partial charge is 0.475 e. The number of benzene rings is 1. The van der Waals surface area contributed by atoms with Crippen LogP contribution in [0.4, 0.5) is 13.2 Å². The first-order chi connectivity index (χ1) is 17.0. The Morgan fingerprint density at radius 3 is 2.53 bits per heavy atom. The van der Waals surface area contributed by atoms with Crippen LogP contribution in [0.1, 0.15) is 38.6 Å². The number of carboxylic acid groups (broad SMARTS) is 1. The van der Waals surface area contributed by atoms with Crippen LogP contribution < -0.4 is 0 Å². The van der Waals surface area contributed by atoms with Gasteiger partial charge in [-0.3, -0.25) is 9.89 Å². The first-order valence-electron chi connectivity index (χ1n) is 11.0. The van der Waals surface area contributed by atoms with Crippen molar-refractivity contribution in [3.63, 3.8) is 0 Å². The summed E-state index contributed by atoms with van der Waals surface area (Å²) in [4.78, 5) is 32.3. The minimum absolute atomic E-state index is 0.0326. The van der Waals surface area contributed by atoms with E-state index in [2.05, 4.69) is 32.3 Å². The predicted molar refractivity (Wildman–Crippen MR) is 123 cm³/mol. The zero-order valence-electron chi connectivity index (χ0n) is 20.0. The second-order valence-electron chi connectivity index (χ2n) is 8.19. The summed E-state index contributed by atoms with van der Waals surface area (Å²) in [6.45, 7) is 5.65. The molecule has 0 unspecified atom stereocenters. The number of nitrogens with zero attached hydrogens (tertiary/aromatic N) is 4. The first kappa shape index (κ1) is 26.8. The van der Waals surface area contributed by atoms with Crippen molar-refractivity contribution in [1.29, 1.82) is 0 Å². The number of aromatic nitrogens is 4. The topological polar surface area (TPSA) is 121 Å². The number of alkyl halides is 3. The highest BCUT2D eigenvalue weighted by Gasteiger charge is 2.38. The maximum Gasteiger partial charge on any atom is 0.490 e. The van der Waals surface area contributed by atoms with Crippen LogP contribution in [0.5, 0.6) is 0 Å². The zero-order valence-corrected chi connectivity index (χ0v) is 20.0. The van der Waals surface area contributed by atoms with Gasteiger partial charge >= 0.3 is 12.1 Å². The van der Waals surface area contributed by atoms with E-state index in [1.54, 1.807) is 7.11 Å². The highest BCUT2D eigenvalue weighted by Crippen LogP contribution is 2.28. The van der Waals surface area contributed by atoms with Gasteiger partial charge in [0.2, 0.25) is 0 Å². The highest BCUT2D eigenvalue weighted by molar-refractivity contribution is 5.93. The quantitative estimate of drug-likeness (QED) is 0.557. The van der Waals surface area contributed by atoms with Crippen molar-refractivity contribution in [2.24, 2.45) is 0 Å². The fourth-order valence-corrected chi connectivity index (χ4v) is 3.80. The van der Waals surface area contributed by atoms with Crippen molar-refractivity contribution in [1.82, 2.24) is 25.1 Å². The third kappa shape index (κ3) is 6.25. The number of halogens is 3. The molecule has 0 atom stereocenters. The number of rotatable bonds is 4. The van der Waals surface area contributed by atoms with E-state index in [0.717, 1.165) is 46.6 Å². The molecule has 1 aromatic carbocycles. The van der Waals surface area contributed by atoms with E-state index in [4.69, 9.17) is 14.6 Å². The molecule has 2 N–H and O–H groups in total. The molecule has 192 valence electrons. The molecule has 3 heterocycles. The second-order valence-corrected chi connectivity index (χ2v) is 8.19. The van der Waals surface area contributed by atoms with E-state index in [-0.39, 0.29) is 5.91 Å². The molecule has 4 rings (SSSR count). The van der Waals surface area contributed by atoms with Gasteiger partial charge in [0.25, 0.3) is 5.91 Å². The maximum atomic E-state index is 13.1. The molecule has 12 heteroatoms. The normalized spacial score (nSPS) is 13.3. The van der Waals surface area contributed by atoms with Crippen molar-refractivity contribution in [2.45, 2.75) is 39.5 Å². The van der Waals surface area contributed by atoms with E-state index in [1.165, 1.54) is 11.9 Å². The molecule has 0 bridgehead atoms. The minimum atomic E-state index is -5.08. The number of hydrogen-bond donors (Lipinski definition) is 2. The minimum Gasteiger partial charge on any atom is -0.475 e. The summed E-state index contributed by atoms with van der Waals surface area (Å²) in [6, 6.07) is 8.25. The van der Waals surface area contributed by atoms with Gasteiger partial charge < -0.3 is 14.7 Å². The summed E-state index contributed by atoms with van der Waals surface area (Å²) in [5.74, 6) is -2.79. The lowest BCUT2D eigenvalue weighted by Crippen LogP contribution is -2.34. The predicted octanol–water partition coefficient (Wildman–Crippen LogP) is 3.50. The van der Waals surface area contributed by atoms with Gasteiger partial charge in [-0.15, -0.1) is 0 Å². The fraction of sp³-hybridized carbons (Fsp3) is 0.375. The van der Waals surface area contributed by atoms with Crippen LogP contribution in [0, 0.1) is 13.8 Å². The number of aromatic amines is 1. The number of fused-ring (bicyclic) bond motifs is 1. The van der Waals surface area contributed by atoms with Crippen LogP contribution in [0.15, 0.2) is 30.6 Å². The van der Waals surface area contributed by atoms with E-state index in [9.17, 15) is 18.0 Å². The van der Waals surface area contributed by atoms with Gasteiger partial charge in [-0.2, -0.15) is 18.3 Å². The highest BCUT2D eigenvalue weighted by atomic mass is 19.4. The van der Waals surface area contributed by atoms with Crippen LogP contribution >= 0.6 is 0 Å². The maximum absolute atomic E-state index is 13.1. The summed E-state index contributed by atoms with van der Waals surface area (Å²) >= 11 is 0. The van der Waals surface area contributed by atoms with Gasteiger partial charge in [-0.1, -0.05) is 18.2 Å². The molecule has 0 spiro atoms. The molecule has 0 aliphatic carbocycles. The third-order valence-electron chi connectivity index (χ3n) is 5.80. The Balaban J connectivity index is 0.000000454. The Bertz CT molecular complexity index is 1240. The molecule has 0 saturated carbocycles. The molecule has 0 radical (unpaired) electrons. The number of aliphatic carboxylic acids is 1. The van der Waals surface area contributed by atoms with E-state index < -0.39 is 12.1 Å². The van der Waals surface area contributed by atoms with E-state index in [1.807, 2.05) is 30.9 Å². The molecule has 36 heavy (non-hydrogen) atoms. The summed E-state index contributed by atoms with van der Waals surface area (Å²) in [5, 5.41) is 14.9. The van der Waals surface area contributed by atoms with Crippen LogP contribution in [0.25, 0.3) is 11.3 Å². The lowest BCUT2D eigenvalue weighted by molar-refractivity contribution is -0.192. The Labute approximate surface area is 205 Å². The molecular weight excluding hydrogens is 479 g/mol. The number of carbonyl (C=O) groups is 2. The Hall–Kier alpha value is -3.80. The number of amides is 1. The number of carbonyl (C=O) groups excluding carboxylic acids is 1. The van der Waals surface area contributed by atoms with Crippen molar-refractivity contribution in [3.8, 4) is 11.3 Å². The third-order valence-corrected chi connectivity index (χ3v) is 5.80. The SMILES string of the molecule is COCc1cccc(-c2n[nH]c3c2CCN(C(=O)c2ncnc(C)c2C)CC3)c1.O=C(O)C(F)(F)F. The molecule has 1 aliphatic rings. The molecule has 3 aromatic rings. The largest absolute Gasteiger partial charge is 0.490 e. The van der Waals surface area contributed by atoms with Crippen molar-refractivity contribution in [3.05, 3.63) is 64.4 Å². The van der Waals surface area contributed by atoms with Crippen molar-refractivity contribution < 1.29 is 32.6 Å². The molecule has 0 fully saturated rings. The summed E-state index contributed by atoms with van der Waals surface area (Å²) in [6.07, 6.45) is -2.12. The van der Waals surface area contributed by atoms with Crippen LogP contribution in [0.3, 0.4) is 0 Å². The average molecular weight is 505 g/mol. The molecule has 1 aliphatic heterocycles. The number of H-pyrrole nitrogens is 1. The molecule has 2 aromatic heterocycles. The Morgan fingerprint density at radius 2 is 1.86 bits per heavy atom. The number of nitrogens with one attached hydrogen (secondary N) is 1. The summed E-state index contributed by atoms with van der Waals surface area (Å²) in [5.41, 5.74) is 7.60. The number of methoxy groups -OCH3 is 1. The fourth-order valence-electron chi connectivity index (χ4n) is 3.80. The Kier molecular flexibility index (Phi) is 8.41. The summed E-state index contributed by atoms with van der Waals surface area (Å²) < 4.78 is 37.0. The average Bonchev–Trinajstić information content (AvgIpc) is 3.12. The standard InChI is InChI=1S/C22H25N5O2.C2HF3O2/c1-14-15(2)23-13-24-20(14)22(28)27-9-7-18-19(8-10-27)25-26-21(18)17-6-4-5-16(11-17)12-29-3;3-2(4,5)1(6)7/h4-6,11,13H,7-10,12H2,1-3H3,(H,25,26);(H,6,7). The van der Waals surface area contributed by atoms with Gasteiger partial charge in [0, 0.05) is 54.7 Å². The molecule has 9 nitrogen and oxygen atoms in total. The summed E-state index contributed by atoms with van der Waals surface area (Å²) in [7, 11) is 1.69. The zero-order chi connectivity index (χ0) is 26.5. The van der Waals surface area contributed by atoms with Gasteiger partial charge in [-0.25, -0.2) is 14.8 Å². The van der Waals surface area contributed by atoms with E-state index >= 15 is 0 Å². The number of carboxylic acids is 1. The van der Waals surface area contributed by atoms with E-state index in [0.29, 0.717) is 25.4 Å². The lowest BCUT2D eigenvalue weighted by Gasteiger charge is -2.21. The van der Waals surface area contributed by atoms with Crippen LogP contribution in [-0.4, -0.2) is 68.4 Å². The van der Waals surface area contributed by atoms with Crippen LogP contribution in [0.2, 0.25) is 0 Å².